The van der Waals surface area contributed by atoms with Crippen LogP contribution in [0.15, 0.2) is 0 Å². The predicted octanol–water partition coefficient (Wildman–Crippen LogP) is 2.11. The fourth-order valence-electron chi connectivity index (χ4n) is 5.08. The molecule has 2 N–H and O–H groups in total. The lowest BCUT2D eigenvalue weighted by molar-refractivity contribution is -0.160. The van der Waals surface area contributed by atoms with Crippen molar-refractivity contribution in [3.8, 4) is 0 Å². The van der Waals surface area contributed by atoms with Crippen molar-refractivity contribution in [2.45, 2.75) is 44.6 Å². The summed E-state index contributed by atoms with van der Waals surface area (Å²) < 4.78 is 5.28. The summed E-state index contributed by atoms with van der Waals surface area (Å²) in [5.41, 5.74) is 0.347. The van der Waals surface area contributed by atoms with Crippen LogP contribution in [-0.4, -0.2) is 19.8 Å². The quantitative estimate of drug-likeness (QED) is 0.745. The molecule has 0 amide bonds. The van der Waals surface area contributed by atoms with Gasteiger partial charge in [0, 0.05) is 12.5 Å². The van der Waals surface area contributed by atoms with Crippen molar-refractivity contribution in [1.82, 2.24) is 0 Å². The van der Waals surface area contributed by atoms with Gasteiger partial charge in [-0.15, -0.1) is 0 Å². The standard InChI is InChI=1S/C13H23NO2/c1-15-8-12(16-14)13-5-9-2-10(6-13)4-11(3-9)7-13/h9-12H,2-8,14H2,1H3. The molecule has 4 aliphatic rings. The van der Waals surface area contributed by atoms with Gasteiger partial charge in [0.2, 0.25) is 0 Å². The molecule has 0 aliphatic heterocycles. The molecule has 0 saturated heterocycles. The Hall–Kier alpha value is -0.120. The highest BCUT2D eigenvalue weighted by Gasteiger charge is 2.54. The van der Waals surface area contributed by atoms with Gasteiger partial charge in [-0.25, -0.2) is 5.90 Å². The number of hydrogen-bond donors (Lipinski definition) is 1. The minimum Gasteiger partial charge on any atom is -0.382 e. The van der Waals surface area contributed by atoms with E-state index in [1.54, 1.807) is 7.11 Å². The van der Waals surface area contributed by atoms with Crippen LogP contribution in [-0.2, 0) is 9.57 Å². The Morgan fingerprint density at radius 2 is 1.62 bits per heavy atom. The summed E-state index contributed by atoms with van der Waals surface area (Å²) in [4.78, 5) is 5.25. The fourth-order valence-corrected chi connectivity index (χ4v) is 5.08. The Balaban J connectivity index is 1.81. The van der Waals surface area contributed by atoms with Crippen LogP contribution in [0.5, 0.6) is 0 Å². The molecule has 4 fully saturated rings. The molecule has 3 nitrogen and oxygen atoms in total. The summed E-state index contributed by atoms with van der Waals surface area (Å²) in [6.07, 6.45) is 8.47. The molecular weight excluding hydrogens is 202 g/mol. The van der Waals surface area contributed by atoms with Crippen LogP contribution in [0.25, 0.3) is 0 Å². The van der Waals surface area contributed by atoms with E-state index < -0.39 is 0 Å². The third-order valence-electron chi connectivity index (χ3n) is 5.25. The lowest BCUT2D eigenvalue weighted by atomic mass is 9.48. The zero-order valence-corrected chi connectivity index (χ0v) is 10.2. The molecule has 1 unspecified atom stereocenters. The fraction of sp³-hybridized carbons (Fsp3) is 1.00. The number of methoxy groups -OCH3 is 1. The van der Waals surface area contributed by atoms with Gasteiger partial charge < -0.3 is 4.74 Å². The van der Waals surface area contributed by atoms with Crippen molar-refractivity contribution < 1.29 is 9.57 Å². The Labute approximate surface area is 97.6 Å². The molecule has 4 rings (SSSR count). The molecule has 0 heterocycles. The second-order valence-electron chi connectivity index (χ2n) is 6.36. The minimum atomic E-state index is 0.117. The van der Waals surface area contributed by atoms with Crippen LogP contribution in [0.2, 0.25) is 0 Å². The molecule has 92 valence electrons. The van der Waals surface area contributed by atoms with Gasteiger partial charge in [-0.3, -0.25) is 4.84 Å². The molecular formula is C13H23NO2. The van der Waals surface area contributed by atoms with Crippen LogP contribution >= 0.6 is 0 Å². The molecule has 0 aromatic carbocycles. The third kappa shape index (κ3) is 1.60. The van der Waals surface area contributed by atoms with Gasteiger partial charge in [-0.2, -0.15) is 0 Å². The van der Waals surface area contributed by atoms with Crippen molar-refractivity contribution in [2.75, 3.05) is 13.7 Å². The first-order valence-electron chi connectivity index (χ1n) is 6.60. The lowest BCUT2D eigenvalue weighted by Crippen LogP contribution is -2.54. The maximum Gasteiger partial charge on any atom is 0.108 e. The van der Waals surface area contributed by atoms with E-state index in [4.69, 9.17) is 15.5 Å². The normalized spacial score (nSPS) is 47.2. The summed E-state index contributed by atoms with van der Waals surface area (Å²) in [5, 5.41) is 0. The molecule has 0 spiro atoms. The van der Waals surface area contributed by atoms with E-state index >= 15 is 0 Å². The van der Waals surface area contributed by atoms with E-state index in [1.165, 1.54) is 38.5 Å². The first-order chi connectivity index (χ1) is 7.75. The van der Waals surface area contributed by atoms with Crippen LogP contribution in [0.3, 0.4) is 0 Å². The van der Waals surface area contributed by atoms with Crippen molar-refractivity contribution in [3.63, 3.8) is 0 Å². The van der Waals surface area contributed by atoms with E-state index in [0.717, 1.165) is 17.8 Å². The summed E-state index contributed by atoms with van der Waals surface area (Å²) in [5.74, 6) is 8.34. The number of nitrogens with two attached hydrogens (primary N) is 1. The van der Waals surface area contributed by atoms with Crippen molar-refractivity contribution >= 4 is 0 Å². The lowest BCUT2D eigenvalue weighted by Gasteiger charge is -2.58. The molecule has 0 aromatic heterocycles. The van der Waals surface area contributed by atoms with E-state index in [0.29, 0.717) is 12.0 Å². The zero-order chi connectivity index (χ0) is 11.2. The highest BCUT2D eigenvalue weighted by Crippen LogP contribution is 2.61. The monoisotopic (exact) mass is 225 g/mol. The Bertz CT molecular complexity index is 231. The SMILES string of the molecule is COCC(ON)C12CC3CC(CC(C3)C1)C2. The van der Waals surface area contributed by atoms with Gasteiger partial charge in [0.15, 0.2) is 0 Å². The molecule has 4 aliphatic carbocycles. The van der Waals surface area contributed by atoms with Gasteiger partial charge in [0.25, 0.3) is 0 Å². The third-order valence-corrected chi connectivity index (χ3v) is 5.25. The molecule has 0 aromatic rings. The molecule has 0 radical (unpaired) electrons. The highest BCUT2D eigenvalue weighted by atomic mass is 16.6. The van der Waals surface area contributed by atoms with E-state index in [2.05, 4.69) is 0 Å². The van der Waals surface area contributed by atoms with Gasteiger partial charge in [0.05, 0.1) is 6.61 Å². The van der Waals surface area contributed by atoms with E-state index in [9.17, 15) is 0 Å². The first-order valence-corrected chi connectivity index (χ1v) is 6.60. The number of hydrogen-bond acceptors (Lipinski definition) is 3. The number of ether oxygens (including phenoxy) is 1. The predicted molar refractivity (Wildman–Crippen MR) is 61.5 cm³/mol. The first kappa shape index (κ1) is 11.0. The van der Waals surface area contributed by atoms with Crippen molar-refractivity contribution in [1.29, 1.82) is 0 Å². The van der Waals surface area contributed by atoms with Gasteiger partial charge >= 0.3 is 0 Å². The summed E-state index contributed by atoms with van der Waals surface area (Å²) >= 11 is 0. The molecule has 1 atom stereocenters. The van der Waals surface area contributed by atoms with E-state index in [-0.39, 0.29) is 6.10 Å². The average molecular weight is 225 g/mol. The average Bonchev–Trinajstić information content (AvgIpc) is 2.23. The zero-order valence-electron chi connectivity index (χ0n) is 10.2. The van der Waals surface area contributed by atoms with Crippen molar-refractivity contribution in [3.05, 3.63) is 0 Å². The van der Waals surface area contributed by atoms with Crippen LogP contribution < -0.4 is 5.90 Å². The van der Waals surface area contributed by atoms with Crippen LogP contribution in [0.4, 0.5) is 0 Å². The van der Waals surface area contributed by atoms with Crippen LogP contribution in [0.1, 0.15) is 38.5 Å². The summed E-state index contributed by atoms with van der Waals surface area (Å²) in [7, 11) is 1.74. The Morgan fingerprint density at radius 3 is 2.00 bits per heavy atom. The highest BCUT2D eigenvalue weighted by molar-refractivity contribution is 5.04. The van der Waals surface area contributed by atoms with Gasteiger partial charge in [-0.1, -0.05) is 0 Å². The van der Waals surface area contributed by atoms with Crippen LogP contribution in [0, 0.1) is 23.2 Å². The summed E-state index contributed by atoms with van der Waals surface area (Å²) in [6.45, 7) is 0.655. The minimum absolute atomic E-state index is 0.117. The van der Waals surface area contributed by atoms with Crippen molar-refractivity contribution in [2.24, 2.45) is 29.1 Å². The topological polar surface area (TPSA) is 44.5 Å². The maximum absolute atomic E-state index is 5.50. The van der Waals surface area contributed by atoms with Gasteiger partial charge in [0.1, 0.15) is 6.10 Å². The molecule has 4 bridgehead atoms. The molecule has 16 heavy (non-hydrogen) atoms. The second kappa shape index (κ2) is 3.97. The summed E-state index contributed by atoms with van der Waals surface area (Å²) in [6, 6.07) is 0. The van der Waals surface area contributed by atoms with Gasteiger partial charge in [-0.05, 0) is 56.3 Å². The Kier molecular flexibility index (Phi) is 2.73. The molecule has 3 heteroatoms. The second-order valence-corrected chi connectivity index (χ2v) is 6.36. The van der Waals surface area contributed by atoms with E-state index in [1.807, 2.05) is 0 Å². The Morgan fingerprint density at radius 1 is 1.12 bits per heavy atom. The molecule has 4 saturated carbocycles. The maximum atomic E-state index is 5.50. The largest absolute Gasteiger partial charge is 0.382 e. The smallest absolute Gasteiger partial charge is 0.108 e. The number of rotatable bonds is 4.